The van der Waals surface area contributed by atoms with Crippen molar-refractivity contribution >= 4 is 11.5 Å². The zero-order chi connectivity index (χ0) is 6.10. The van der Waals surface area contributed by atoms with Gasteiger partial charge < -0.3 is 0 Å². The van der Waals surface area contributed by atoms with Crippen molar-refractivity contribution < 1.29 is 0 Å². The second kappa shape index (κ2) is 1.70. The predicted octanol–water partition coefficient (Wildman–Crippen LogP) is 0.433. The molecule has 9 heavy (non-hydrogen) atoms. The van der Waals surface area contributed by atoms with E-state index in [0.717, 1.165) is 10.7 Å². The third kappa shape index (κ3) is 0.655. The molecule has 0 amide bonds. The topological polar surface area (TPSA) is 51.6 Å². The monoisotopic (exact) mass is 138 g/mol. The summed E-state index contributed by atoms with van der Waals surface area (Å²) in [6, 6.07) is 1.78. The molecule has 2 heterocycles. The van der Waals surface area contributed by atoms with Crippen molar-refractivity contribution in [2.45, 2.75) is 0 Å². The summed E-state index contributed by atoms with van der Waals surface area (Å²) >= 11 is 1.30. The van der Waals surface area contributed by atoms with E-state index in [9.17, 15) is 0 Å². The van der Waals surface area contributed by atoms with Crippen LogP contribution >= 0.6 is 11.5 Å². The number of hydrogen-bond donors (Lipinski definition) is 0. The number of aromatic nitrogens is 4. The molecule has 4 nitrogen and oxygen atoms in total. The highest BCUT2D eigenvalue weighted by atomic mass is 32.1. The Bertz CT molecular complexity index is 253. The largest absolute Gasteiger partial charge is 0.199 e. The van der Waals surface area contributed by atoms with Gasteiger partial charge in [0.25, 0.3) is 0 Å². The van der Waals surface area contributed by atoms with Gasteiger partial charge in [-0.2, -0.15) is 4.37 Å². The maximum atomic E-state index is 3.88. The van der Waals surface area contributed by atoms with Gasteiger partial charge in [-0.25, -0.2) is 0 Å². The Morgan fingerprint density at radius 3 is 3.22 bits per heavy atom. The Morgan fingerprint density at radius 2 is 2.33 bits per heavy atom. The first-order chi connectivity index (χ1) is 4.47. The van der Waals surface area contributed by atoms with Gasteiger partial charge in [0.1, 0.15) is 5.69 Å². The Hall–Kier alpha value is -1.10. The highest BCUT2D eigenvalue weighted by Crippen LogP contribution is 2.15. The van der Waals surface area contributed by atoms with Crippen LogP contribution in [0.5, 0.6) is 0 Å². The summed E-state index contributed by atoms with van der Waals surface area (Å²) in [5, 5.41) is 11.7. The van der Waals surface area contributed by atoms with Crippen molar-refractivity contribution in [2.75, 3.05) is 0 Å². The second-order valence-electron chi connectivity index (χ2n) is 1.49. The summed E-state index contributed by atoms with van der Waals surface area (Å²) in [7, 11) is 0. The lowest BCUT2D eigenvalue weighted by atomic mass is 10.5. The van der Waals surface area contributed by atoms with E-state index in [4.69, 9.17) is 0 Å². The molecule has 0 fully saturated rings. The third-order valence-corrected chi connectivity index (χ3v) is 1.63. The fourth-order valence-corrected chi connectivity index (χ4v) is 1.05. The summed E-state index contributed by atoms with van der Waals surface area (Å²) in [6.07, 6.45) is 1.68. The van der Waals surface area contributed by atoms with Crippen molar-refractivity contribution in [1.29, 1.82) is 0 Å². The molecule has 2 aliphatic heterocycles. The van der Waals surface area contributed by atoms with Gasteiger partial charge in [0, 0.05) is 6.20 Å². The van der Waals surface area contributed by atoms with Crippen molar-refractivity contribution in [3.63, 3.8) is 0 Å². The van der Waals surface area contributed by atoms with Crippen LogP contribution in [0.3, 0.4) is 0 Å². The van der Waals surface area contributed by atoms with E-state index in [1.54, 1.807) is 12.3 Å². The van der Waals surface area contributed by atoms with Crippen molar-refractivity contribution in [2.24, 2.45) is 0 Å². The van der Waals surface area contributed by atoms with Gasteiger partial charge in [-0.15, -0.1) is 10.2 Å². The van der Waals surface area contributed by atoms with Gasteiger partial charge in [0.2, 0.25) is 0 Å². The van der Waals surface area contributed by atoms with Gasteiger partial charge in [0.05, 0.1) is 0 Å². The molecule has 0 spiro atoms. The maximum absolute atomic E-state index is 3.88. The van der Waals surface area contributed by atoms with Crippen LogP contribution in [0.15, 0.2) is 12.3 Å². The van der Waals surface area contributed by atoms with Crippen molar-refractivity contribution in [3.8, 4) is 10.7 Å². The normalized spacial score (nSPS) is 10.2. The SMILES string of the molecule is c1cc2nnnc-2sn1. The quantitative estimate of drug-likeness (QED) is 0.529. The average molecular weight is 138 g/mol. The van der Waals surface area contributed by atoms with E-state index in [1.165, 1.54) is 11.5 Å². The fourth-order valence-electron chi connectivity index (χ4n) is 0.556. The molecular formula is C4H2N4S. The van der Waals surface area contributed by atoms with E-state index >= 15 is 0 Å². The van der Waals surface area contributed by atoms with E-state index in [-0.39, 0.29) is 0 Å². The first-order valence-corrected chi connectivity index (χ1v) is 3.14. The molecular weight excluding hydrogens is 136 g/mol. The van der Waals surface area contributed by atoms with Gasteiger partial charge in [-0.3, -0.25) is 0 Å². The number of nitrogens with zero attached hydrogens (tertiary/aromatic N) is 4. The van der Waals surface area contributed by atoms with Crippen LogP contribution in [-0.2, 0) is 0 Å². The van der Waals surface area contributed by atoms with Crippen LogP contribution in [0.25, 0.3) is 10.7 Å². The third-order valence-electron chi connectivity index (χ3n) is 0.940. The second-order valence-corrected chi connectivity index (χ2v) is 2.27. The zero-order valence-electron chi connectivity index (χ0n) is 4.35. The first-order valence-electron chi connectivity index (χ1n) is 2.36. The summed E-state index contributed by atoms with van der Waals surface area (Å²) in [5.74, 6) is 0. The Kier molecular flexibility index (Phi) is 0.895. The molecule has 0 radical (unpaired) electrons. The molecule has 0 unspecified atom stereocenters. The molecule has 0 N–H and O–H groups in total. The molecule has 0 bridgehead atoms. The summed E-state index contributed by atoms with van der Waals surface area (Å²) in [4.78, 5) is 0. The molecule has 0 aromatic rings. The number of hydrogen-bond acceptors (Lipinski definition) is 5. The van der Waals surface area contributed by atoms with Gasteiger partial charge in [0.15, 0.2) is 5.01 Å². The van der Waals surface area contributed by atoms with Crippen LogP contribution in [0.2, 0.25) is 0 Å². The molecule has 0 aromatic heterocycles. The van der Waals surface area contributed by atoms with Gasteiger partial charge in [-0.05, 0) is 22.8 Å². The minimum absolute atomic E-state index is 0.789. The average Bonchev–Trinajstić information content (AvgIpc) is 2.33. The Labute approximate surface area is 55.1 Å². The van der Waals surface area contributed by atoms with Crippen LogP contribution in [0, 0.1) is 0 Å². The van der Waals surface area contributed by atoms with Crippen LogP contribution in [0.1, 0.15) is 0 Å². The Balaban J connectivity index is 2.79. The van der Waals surface area contributed by atoms with Crippen molar-refractivity contribution in [1.82, 2.24) is 19.8 Å². The zero-order valence-corrected chi connectivity index (χ0v) is 5.17. The minimum atomic E-state index is 0.789. The van der Waals surface area contributed by atoms with Crippen LogP contribution in [0.4, 0.5) is 0 Å². The molecule has 0 atom stereocenters. The molecule has 2 aliphatic rings. The van der Waals surface area contributed by atoms with Gasteiger partial charge in [-0.1, -0.05) is 0 Å². The number of rotatable bonds is 0. The van der Waals surface area contributed by atoms with Crippen LogP contribution < -0.4 is 0 Å². The summed E-state index contributed by atoms with van der Waals surface area (Å²) in [5.41, 5.74) is 0.815. The molecule has 44 valence electrons. The standard InChI is InChI=1S/C4H2N4S/c1-2-5-9-4-3(1)6-8-7-4/h1-2H. The smallest absolute Gasteiger partial charge is 0.186 e. The Morgan fingerprint density at radius 1 is 1.33 bits per heavy atom. The highest BCUT2D eigenvalue weighted by Gasteiger charge is 2.04. The fraction of sp³-hybridized carbons (Fsp3) is 0. The van der Waals surface area contributed by atoms with Crippen molar-refractivity contribution in [3.05, 3.63) is 12.3 Å². The molecule has 2 rings (SSSR count). The summed E-state index contributed by atoms with van der Waals surface area (Å²) < 4.78 is 3.88. The first kappa shape index (κ1) is 4.75. The minimum Gasteiger partial charge on any atom is -0.199 e. The van der Waals surface area contributed by atoms with Crippen LogP contribution in [-0.4, -0.2) is 19.8 Å². The lowest BCUT2D eigenvalue weighted by molar-refractivity contribution is 0.955. The predicted molar refractivity (Wildman–Crippen MR) is 32.1 cm³/mol. The van der Waals surface area contributed by atoms with E-state index < -0.39 is 0 Å². The molecule has 5 heteroatoms. The van der Waals surface area contributed by atoms with Gasteiger partial charge >= 0.3 is 0 Å². The van der Waals surface area contributed by atoms with E-state index in [2.05, 4.69) is 19.8 Å². The lowest BCUT2D eigenvalue weighted by Gasteiger charge is -1.83. The number of fused-ring (bicyclic) bond motifs is 1. The highest BCUT2D eigenvalue weighted by molar-refractivity contribution is 7.08. The molecule has 0 aromatic carbocycles. The molecule has 0 saturated carbocycles. The molecule has 0 saturated heterocycles. The van der Waals surface area contributed by atoms with E-state index in [0.29, 0.717) is 0 Å². The molecule has 0 aliphatic carbocycles. The van der Waals surface area contributed by atoms with E-state index in [1.807, 2.05) is 0 Å². The summed E-state index contributed by atoms with van der Waals surface area (Å²) in [6.45, 7) is 0. The lowest BCUT2D eigenvalue weighted by Crippen LogP contribution is -1.73. The maximum Gasteiger partial charge on any atom is 0.186 e.